The van der Waals surface area contributed by atoms with Crippen LogP contribution in [0.25, 0.3) is 0 Å². The maximum atomic E-state index is 11.7. The highest BCUT2D eigenvalue weighted by Crippen LogP contribution is 2.12. The lowest BCUT2D eigenvalue weighted by molar-refractivity contribution is -0.123. The molecule has 0 spiro atoms. The molecule has 5 heteroatoms. The second-order valence-electron chi connectivity index (χ2n) is 5.32. The summed E-state index contributed by atoms with van der Waals surface area (Å²) in [5.41, 5.74) is 4.39. The van der Waals surface area contributed by atoms with E-state index < -0.39 is 0 Å². The minimum Gasteiger partial charge on any atom is -0.494 e. The zero-order valence-electron chi connectivity index (χ0n) is 14.0. The average molecular weight is 326 g/mol. The number of benzene rings is 2. The SMILES string of the molecule is CCCOc1ccc(/C=N\NC(=O)COc2cccc(C)c2)cc1. The molecule has 5 nitrogen and oxygen atoms in total. The Bertz CT molecular complexity index is 681. The van der Waals surface area contributed by atoms with Crippen molar-refractivity contribution in [1.82, 2.24) is 5.43 Å². The molecular weight excluding hydrogens is 304 g/mol. The highest BCUT2D eigenvalue weighted by atomic mass is 16.5. The maximum absolute atomic E-state index is 11.7. The third-order valence-corrected chi connectivity index (χ3v) is 3.12. The van der Waals surface area contributed by atoms with Gasteiger partial charge in [-0.2, -0.15) is 5.10 Å². The zero-order chi connectivity index (χ0) is 17.2. The van der Waals surface area contributed by atoms with Crippen LogP contribution in [0.1, 0.15) is 24.5 Å². The minimum atomic E-state index is -0.310. The summed E-state index contributed by atoms with van der Waals surface area (Å²) >= 11 is 0. The Morgan fingerprint density at radius 2 is 1.92 bits per heavy atom. The van der Waals surface area contributed by atoms with E-state index in [1.54, 1.807) is 6.21 Å². The van der Waals surface area contributed by atoms with Crippen molar-refractivity contribution >= 4 is 12.1 Å². The van der Waals surface area contributed by atoms with Gasteiger partial charge in [0.05, 0.1) is 12.8 Å². The first-order chi connectivity index (χ1) is 11.7. The molecule has 0 radical (unpaired) electrons. The van der Waals surface area contributed by atoms with E-state index in [0.29, 0.717) is 12.4 Å². The monoisotopic (exact) mass is 326 g/mol. The van der Waals surface area contributed by atoms with E-state index in [1.165, 1.54) is 0 Å². The first-order valence-corrected chi connectivity index (χ1v) is 7.91. The number of aryl methyl sites for hydroxylation is 1. The molecule has 0 saturated heterocycles. The maximum Gasteiger partial charge on any atom is 0.277 e. The van der Waals surface area contributed by atoms with Crippen molar-refractivity contribution < 1.29 is 14.3 Å². The highest BCUT2D eigenvalue weighted by Gasteiger charge is 2.01. The number of carbonyl (C=O) groups excluding carboxylic acids is 1. The predicted octanol–water partition coefficient (Wildman–Crippen LogP) is 3.31. The van der Waals surface area contributed by atoms with Crippen LogP contribution in [-0.4, -0.2) is 25.3 Å². The van der Waals surface area contributed by atoms with Crippen molar-refractivity contribution in [3.8, 4) is 11.5 Å². The molecule has 0 aliphatic rings. The molecule has 2 aromatic rings. The van der Waals surface area contributed by atoms with Crippen LogP contribution in [-0.2, 0) is 4.79 Å². The van der Waals surface area contributed by atoms with Crippen molar-refractivity contribution in [2.45, 2.75) is 20.3 Å². The normalized spacial score (nSPS) is 10.6. The lowest BCUT2D eigenvalue weighted by Crippen LogP contribution is -2.24. The van der Waals surface area contributed by atoms with E-state index in [9.17, 15) is 4.79 Å². The summed E-state index contributed by atoms with van der Waals surface area (Å²) in [5.74, 6) is 1.18. The standard InChI is InChI=1S/C19H22N2O3/c1-3-11-23-17-9-7-16(8-10-17)13-20-21-19(22)14-24-18-6-4-5-15(2)12-18/h4-10,12-13H,3,11,14H2,1-2H3,(H,21,22)/b20-13-. The molecule has 0 aliphatic heterocycles. The molecule has 0 unspecified atom stereocenters. The summed E-state index contributed by atoms with van der Waals surface area (Å²) in [4.78, 5) is 11.7. The molecule has 2 aromatic carbocycles. The van der Waals surface area contributed by atoms with Crippen molar-refractivity contribution in [2.24, 2.45) is 5.10 Å². The summed E-state index contributed by atoms with van der Waals surface area (Å²) in [6.45, 7) is 4.65. The van der Waals surface area contributed by atoms with Crippen LogP contribution in [0, 0.1) is 6.92 Å². The lowest BCUT2D eigenvalue weighted by Gasteiger charge is -2.05. The van der Waals surface area contributed by atoms with Gasteiger partial charge in [-0.3, -0.25) is 4.79 Å². The summed E-state index contributed by atoms with van der Waals surface area (Å²) in [6, 6.07) is 15.0. The Kier molecular flexibility index (Phi) is 6.83. The van der Waals surface area contributed by atoms with Gasteiger partial charge in [0.2, 0.25) is 0 Å². The van der Waals surface area contributed by atoms with E-state index in [1.807, 2.05) is 55.5 Å². The molecule has 1 N–H and O–H groups in total. The fourth-order valence-corrected chi connectivity index (χ4v) is 1.94. The Morgan fingerprint density at radius 1 is 1.12 bits per heavy atom. The summed E-state index contributed by atoms with van der Waals surface area (Å²) < 4.78 is 10.9. The third-order valence-electron chi connectivity index (χ3n) is 3.12. The number of hydrogen-bond acceptors (Lipinski definition) is 4. The molecule has 0 aliphatic carbocycles. The van der Waals surface area contributed by atoms with E-state index >= 15 is 0 Å². The van der Waals surface area contributed by atoms with Crippen LogP contribution in [0.5, 0.6) is 11.5 Å². The number of hydrazone groups is 1. The van der Waals surface area contributed by atoms with Gasteiger partial charge in [-0.05, 0) is 60.9 Å². The van der Waals surface area contributed by atoms with Crippen LogP contribution in [0.15, 0.2) is 53.6 Å². The van der Waals surface area contributed by atoms with Gasteiger partial charge in [0, 0.05) is 0 Å². The number of rotatable bonds is 8. The van der Waals surface area contributed by atoms with E-state index in [-0.39, 0.29) is 12.5 Å². The largest absolute Gasteiger partial charge is 0.494 e. The second-order valence-corrected chi connectivity index (χ2v) is 5.32. The number of nitrogens with one attached hydrogen (secondary N) is 1. The topological polar surface area (TPSA) is 59.9 Å². The quantitative estimate of drug-likeness (QED) is 0.598. The van der Waals surface area contributed by atoms with Crippen LogP contribution >= 0.6 is 0 Å². The first kappa shape index (κ1) is 17.5. The summed E-state index contributed by atoms with van der Waals surface area (Å²) in [6.07, 6.45) is 2.55. The molecule has 0 aromatic heterocycles. The van der Waals surface area contributed by atoms with Gasteiger partial charge in [0.15, 0.2) is 6.61 Å². The average Bonchev–Trinajstić information content (AvgIpc) is 2.59. The molecular formula is C19H22N2O3. The van der Waals surface area contributed by atoms with E-state index in [2.05, 4.69) is 17.5 Å². The summed E-state index contributed by atoms with van der Waals surface area (Å²) in [7, 11) is 0. The van der Waals surface area contributed by atoms with Gasteiger partial charge < -0.3 is 9.47 Å². The lowest BCUT2D eigenvalue weighted by atomic mass is 10.2. The predicted molar refractivity (Wildman–Crippen MR) is 94.6 cm³/mol. The molecule has 0 bridgehead atoms. The zero-order valence-corrected chi connectivity index (χ0v) is 14.0. The van der Waals surface area contributed by atoms with Gasteiger partial charge in [-0.15, -0.1) is 0 Å². The smallest absolute Gasteiger partial charge is 0.277 e. The molecule has 0 heterocycles. The van der Waals surface area contributed by atoms with Crippen molar-refractivity contribution in [2.75, 3.05) is 13.2 Å². The molecule has 0 fully saturated rings. The number of ether oxygens (including phenoxy) is 2. The van der Waals surface area contributed by atoms with Crippen molar-refractivity contribution in [1.29, 1.82) is 0 Å². The van der Waals surface area contributed by atoms with E-state index in [4.69, 9.17) is 9.47 Å². The number of amides is 1. The first-order valence-electron chi connectivity index (χ1n) is 7.91. The van der Waals surface area contributed by atoms with Gasteiger partial charge >= 0.3 is 0 Å². The molecule has 0 atom stereocenters. The van der Waals surface area contributed by atoms with Crippen LogP contribution in [0.2, 0.25) is 0 Å². The Balaban J connectivity index is 1.75. The second kappa shape index (κ2) is 9.35. The fourth-order valence-electron chi connectivity index (χ4n) is 1.94. The Hall–Kier alpha value is -2.82. The van der Waals surface area contributed by atoms with Crippen LogP contribution < -0.4 is 14.9 Å². The molecule has 2 rings (SSSR count). The Morgan fingerprint density at radius 3 is 2.62 bits per heavy atom. The van der Waals surface area contributed by atoms with Gasteiger partial charge in [-0.1, -0.05) is 19.1 Å². The van der Waals surface area contributed by atoms with Gasteiger partial charge in [-0.25, -0.2) is 5.43 Å². The molecule has 1 amide bonds. The molecule has 126 valence electrons. The minimum absolute atomic E-state index is 0.0788. The van der Waals surface area contributed by atoms with Gasteiger partial charge in [0.25, 0.3) is 5.91 Å². The highest BCUT2D eigenvalue weighted by molar-refractivity contribution is 5.83. The fraction of sp³-hybridized carbons (Fsp3) is 0.263. The molecule has 0 saturated carbocycles. The number of nitrogens with zero attached hydrogens (tertiary/aromatic N) is 1. The van der Waals surface area contributed by atoms with Crippen molar-refractivity contribution in [3.63, 3.8) is 0 Å². The number of hydrogen-bond donors (Lipinski definition) is 1. The van der Waals surface area contributed by atoms with Gasteiger partial charge in [0.1, 0.15) is 11.5 Å². The summed E-state index contributed by atoms with van der Waals surface area (Å²) in [5, 5.41) is 3.92. The number of carbonyl (C=O) groups is 1. The Labute approximate surface area is 142 Å². The van der Waals surface area contributed by atoms with Crippen LogP contribution in [0.4, 0.5) is 0 Å². The molecule has 24 heavy (non-hydrogen) atoms. The third kappa shape index (κ3) is 6.12. The van der Waals surface area contributed by atoms with E-state index in [0.717, 1.165) is 23.3 Å². The van der Waals surface area contributed by atoms with Crippen molar-refractivity contribution in [3.05, 3.63) is 59.7 Å². The van der Waals surface area contributed by atoms with Crippen LogP contribution in [0.3, 0.4) is 0 Å².